The lowest BCUT2D eigenvalue weighted by molar-refractivity contribution is -0.115. The van der Waals surface area contributed by atoms with Gasteiger partial charge in [0.2, 0.25) is 5.91 Å². The van der Waals surface area contributed by atoms with E-state index in [9.17, 15) is 19.2 Å². The predicted octanol–water partition coefficient (Wildman–Crippen LogP) is 7.34. The topological polar surface area (TPSA) is 123 Å². The van der Waals surface area contributed by atoms with E-state index in [0.29, 0.717) is 33.1 Å². The van der Waals surface area contributed by atoms with Crippen LogP contribution in [-0.4, -0.2) is 43.2 Å². The molecular weight excluding hydrogens is 647 g/mol. The molecule has 0 aliphatic heterocycles. The molecule has 1 aliphatic carbocycles. The van der Waals surface area contributed by atoms with Crippen molar-refractivity contribution in [3.63, 3.8) is 0 Å². The number of thiophene rings is 1. The number of esters is 1. The molecule has 3 N–H and O–H groups in total. The Morgan fingerprint density at radius 3 is 2.42 bits per heavy atom. The molecular formula is C37H37N3O6S2. The normalized spacial score (nSPS) is 13.4. The highest BCUT2D eigenvalue weighted by molar-refractivity contribution is 8.00. The van der Waals surface area contributed by atoms with Gasteiger partial charge < -0.3 is 25.4 Å². The minimum atomic E-state index is -0.525. The molecule has 1 heterocycles. The second-order valence-corrected chi connectivity index (χ2v) is 13.7. The number of carbonyl (C=O) groups excluding carboxylic acids is 4. The van der Waals surface area contributed by atoms with Crippen molar-refractivity contribution in [1.82, 2.24) is 5.32 Å². The highest BCUT2D eigenvalue weighted by Gasteiger charge is 2.27. The largest absolute Gasteiger partial charge is 0.497 e. The van der Waals surface area contributed by atoms with Crippen molar-refractivity contribution in [1.29, 1.82) is 0 Å². The van der Waals surface area contributed by atoms with Crippen LogP contribution in [0.3, 0.4) is 0 Å². The van der Waals surface area contributed by atoms with Crippen LogP contribution in [0, 0.1) is 0 Å². The van der Waals surface area contributed by atoms with Crippen LogP contribution in [0.1, 0.15) is 62.9 Å². The number of benzene rings is 3. The standard InChI is InChI=1S/C37H37N3O6S2/c1-23(33(41)40-36-32(37(44)46-3)29-18-8-5-9-19-31(29)48-36)47-28-17-11-15-26(22-28)38-35(43)30(21-24-12-10-16-27(20-24)45-2)39-34(42)25-13-6-4-7-14-25/h4,6-7,10-17,20-23H,5,8-9,18-19H2,1-3H3,(H,38,43)(H,39,42)(H,40,41)/b30-21-. The molecule has 0 saturated carbocycles. The number of carbonyl (C=O) groups is 4. The molecule has 48 heavy (non-hydrogen) atoms. The van der Waals surface area contributed by atoms with Gasteiger partial charge in [-0.2, -0.15) is 0 Å². The lowest BCUT2D eigenvalue weighted by atomic mass is 10.1. The molecule has 0 bridgehead atoms. The third-order valence-electron chi connectivity index (χ3n) is 7.76. The Morgan fingerprint density at radius 2 is 1.65 bits per heavy atom. The summed E-state index contributed by atoms with van der Waals surface area (Å²) < 4.78 is 10.4. The fourth-order valence-corrected chi connectivity index (χ4v) is 7.51. The summed E-state index contributed by atoms with van der Waals surface area (Å²) in [5.74, 6) is -1.03. The maximum absolute atomic E-state index is 13.6. The zero-order valence-electron chi connectivity index (χ0n) is 27.0. The molecule has 11 heteroatoms. The first-order chi connectivity index (χ1) is 23.2. The summed E-state index contributed by atoms with van der Waals surface area (Å²) in [7, 11) is 2.91. The van der Waals surface area contributed by atoms with E-state index in [4.69, 9.17) is 9.47 Å². The number of nitrogens with one attached hydrogen (secondary N) is 3. The highest BCUT2D eigenvalue weighted by Crippen LogP contribution is 2.38. The third kappa shape index (κ3) is 8.72. The van der Waals surface area contributed by atoms with E-state index in [2.05, 4.69) is 16.0 Å². The number of hydrogen-bond acceptors (Lipinski definition) is 8. The first-order valence-electron chi connectivity index (χ1n) is 15.6. The Kier molecular flexibility index (Phi) is 11.7. The van der Waals surface area contributed by atoms with Gasteiger partial charge in [0, 0.05) is 21.0 Å². The van der Waals surface area contributed by atoms with Gasteiger partial charge in [0.15, 0.2) is 0 Å². The molecule has 9 nitrogen and oxygen atoms in total. The van der Waals surface area contributed by atoms with Gasteiger partial charge in [0.1, 0.15) is 16.4 Å². The molecule has 1 atom stereocenters. The fourth-order valence-electron chi connectivity index (χ4n) is 5.31. The number of thioether (sulfide) groups is 1. The Balaban J connectivity index is 1.30. The molecule has 0 fully saturated rings. The number of aryl methyl sites for hydroxylation is 1. The van der Waals surface area contributed by atoms with E-state index >= 15 is 0 Å². The third-order valence-corrected chi connectivity index (χ3v) is 10.1. The van der Waals surface area contributed by atoms with E-state index in [0.717, 1.165) is 47.4 Å². The smallest absolute Gasteiger partial charge is 0.341 e. The number of anilines is 2. The van der Waals surface area contributed by atoms with E-state index in [1.165, 1.54) is 30.2 Å². The van der Waals surface area contributed by atoms with Gasteiger partial charge in [-0.15, -0.1) is 23.1 Å². The van der Waals surface area contributed by atoms with Gasteiger partial charge in [-0.3, -0.25) is 14.4 Å². The minimum Gasteiger partial charge on any atom is -0.497 e. The van der Waals surface area contributed by atoms with Crippen LogP contribution in [0.25, 0.3) is 6.08 Å². The summed E-state index contributed by atoms with van der Waals surface area (Å²) >= 11 is 2.78. The first kappa shape index (κ1) is 34.5. The molecule has 3 aromatic carbocycles. The SMILES string of the molecule is COC(=O)c1c(NC(=O)C(C)Sc2cccc(NC(=O)/C(=C/c3cccc(OC)c3)NC(=O)c3ccccc3)c2)sc2c1CCCCC2. The Bertz CT molecular complexity index is 1840. The van der Waals surface area contributed by atoms with E-state index in [1.807, 2.05) is 12.1 Å². The maximum atomic E-state index is 13.6. The lowest BCUT2D eigenvalue weighted by Crippen LogP contribution is -2.30. The average molecular weight is 684 g/mol. The van der Waals surface area contributed by atoms with Crippen LogP contribution in [0.4, 0.5) is 10.7 Å². The number of ether oxygens (including phenoxy) is 2. The van der Waals surface area contributed by atoms with Gasteiger partial charge in [-0.1, -0.05) is 42.8 Å². The molecule has 0 radical (unpaired) electrons. The van der Waals surface area contributed by atoms with Crippen LogP contribution in [0.15, 0.2) is 89.5 Å². The molecule has 1 aliphatic rings. The average Bonchev–Trinajstić information content (AvgIpc) is 3.27. The lowest BCUT2D eigenvalue weighted by Gasteiger charge is -2.14. The van der Waals surface area contributed by atoms with Crippen molar-refractivity contribution in [2.45, 2.75) is 49.2 Å². The van der Waals surface area contributed by atoms with E-state index in [-0.39, 0.29) is 11.6 Å². The van der Waals surface area contributed by atoms with Crippen molar-refractivity contribution < 1.29 is 28.7 Å². The zero-order valence-corrected chi connectivity index (χ0v) is 28.6. The van der Waals surface area contributed by atoms with Crippen LogP contribution >= 0.6 is 23.1 Å². The number of hydrogen-bond donors (Lipinski definition) is 3. The second-order valence-electron chi connectivity index (χ2n) is 11.1. The summed E-state index contributed by atoms with van der Waals surface area (Å²) in [4.78, 5) is 54.5. The van der Waals surface area contributed by atoms with Crippen LogP contribution < -0.4 is 20.7 Å². The molecule has 1 aromatic heterocycles. The van der Waals surface area contributed by atoms with Gasteiger partial charge in [0.05, 0.1) is 25.0 Å². The van der Waals surface area contributed by atoms with Gasteiger partial charge >= 0.3 is 5.97 Å². The number of rotatable bonds is 11. The number of amides is 3. The molecule has 0 saturated heterocycles. The predicted molar refractivity (Wildman–Crippen MR) is 191 cm³/mol. The molecule has 4 aromatic rings. The monoisotopic (exact) mass is 683 g/mol. The summed E-state index contributed by atoms with van der Waals surface area (Å²) in [5, 5.41) is 8.61. The molecule has 3 amide bonds. The van der Waals surface area contributed by atoms with Crippen molar-refractivity contribution in [3.8, 4) is 5.75 Å². The van der Waals surface area contributed by atoms with Crippen LogP contribution in [-0.2, 0) is 27.2 Å². The Labute approximate surface area is 288 Å². The zero-order chi connectivity index (χ0) is 34.0. The maximum Gasteiger partial charge on any atom is 0.341 e. The number of fused-ring (bicyclic) bond motifs is 1. The van der Waals surface area contributed by atoms with Gasteiger partial charge in [0.25, 0.3) is 11.8 Å². The van der Waals surface area contributed by atoms with Crippen molar-refractivity contribution in [2.24, 2.45) is 0 Å². The van der Waals surface area contributed by atoms with Crippen molar-refractivity contribution in [2.75, 3.05) is 24.9 Å². The fraction of sp³-hybridized carbons (Fsp3) is 0.243. The van der Waals surface area contributed by atoms with Crippen molar-refractivity contribution >= 4 is 63.6 Å². The summed E-state index contributed by atoms with van der Waals surface area (Å²) in [5.41, 5.74) is 3.05. The summed E-state index contributed by atoms with van der Waals surface area (Å²) in [6.07, 6.45) is 6.42. The Hall–Kier alpha value is -4.87. The van der Waals surface area contributed by atoms with Crippen LogP contribution in [0.5, 0.6) is 5.75 Å². The molecule has 0 spiro atoms. The quantitative estimate of drug-likeness (QED) is 0.0654. The summed E-state index contributed by atoms with van der Waals surface area (Å²) in [6, 6.07) is 22.9. The Morgan fingerprint density at radius 1 is 0.875 bits per heavy atom. The highest BCUT2D eigenvalue weighted by atomic mass is 32.2. The first-order valence-corrected chi connectivity index (χ1v) is 17.3. The van der Waals surface area contributed by atoms with E-state index < -0.39 is 23.0 Å². The van der Waals surface area contributed by atoms with Crippen molar-refractivity contribution in [3.05, 3.63) is 112 Å². The van der Waals surface area contributed by atoms with Gasteiger partial charge in [-0.25, -0.2) is 4.79 Å². The number of methoxy groups -OCH3 is 2. The molecule has 5 rings (SSSR count). The molecule has 248 valence electrons. The second kappa shape index (κ2) is 16.3. The minimum absolute atomic E-state index is 0.0404. The summed E-state index contributed by atoms with van der Waals surface area (Å²) in [6.45, 7) is 1.79. The van der Waals surface area contributed by atoms with Crippen LogP contribution in [0.2, 0.25) is 0 Å². The van der Waals surface area contributed by atoms with E-state index in [1.54, 1.807) is 86.8 Å². The molecule has 1 unspecified atom stereocenters. The van der Waals surface area contributed by atoms with Gasteiger partial charge in [-0.05, 0) is 92.3 Å².